The average molecular weight is 971 g/mol. The number of hydrogen-bond acceptors (Lipinski definition) is 6. The normalized spacial score (nSPS) is 13.9. The van der Waals surface area contributed by atoms with Crippen LogP contribution < -0.4 is 0 Å². The van der Waals surface area contributed by atoms with E-state index in [-0.39, 0.29) is 42.7 Å². The van der Waals surface area contributed by atoms with Gasteiger partial charge in [0, 0.05) is 19.3 Å². The summed E-state index contributed by atoms with van der Waals surface area (Å²) in [5.74, 6) is -1.56. The van der Waals surface area contributed by atoms with E-state index in [0.717, 1.165) is 103 Å². The second kappa shape index (κ2) is 50.8. The molecule has 0 spiro atoms. The summed E-state index contributed by atoms with van der Waals surface area (Å²) < 4.78 is 17.3. The summed E-state index contributed by atoms with van der Waals surface area (Å²) in [5, 5.41) is 9.67. The second-order valence-corrected chi connectivity index (χ2v) is 18.7. The van der Waals surface area contributed by atoms with Crippen molar-refractivity contribution in [2.45, 2.75) is 199 Å². The molecule has 0 aliphatic rings. The molecule has 1 N–H and O–H groups in total. The lowest BCUT2D eigenvalue weighted by atomic mass is 10.0. The van der Waals surface area contributed by atoms with Crippen LogP contribution in [0, 0.1) is 0 Å². The zero-order valence-electron chi connectivity index (χ0n) is 44.9. The predicted octanol–water partition coefficient (Wildman–Crippen LogP) is 16.3. The van der Waals surface area contributed by atoms with Gasteiger partial charge in [0.25, 0.3) is 0 Å². The number of aliphatic carboxylic acids is 1. The molecule has 0 aromatic rings. The molecule has 70 heavy (non-hydrogen) atoms. The Balaban J connectivity index is 4.35. The summed E-state index contributed by atoms with van der Waals surface area (Å²) in [4.78, 5) is 37.2. The first kappa shape index (κ1) is 65.5. The number of carbonyl (C=O) groups excluding carboxylic acids is 2. The van der Waals surface area contributed by atoms with Crippen LogP contribution >= 0.6 is 0 Å². The second-order valence-electron chi connectivity index (χ2n) is 18.7. The molecule has 8 nitrogen and oxygen atoms in total. The van der Waals surface area contributed by atoms with Crippen LogP contribution in [0.3, 0.4) is 0 Å². The van der Waals surface area contributed by atoms with E-state index in [1.165, 1.54) is 44.9 Å². The van der Waals surface area contributed by atoms with E-state index < -0.39 is 18.1 Å². The molecule has 0 rings (SSSR count). The molecule has 0 aromatic carbocycles. The van der Waals surface area contributed by atoms with Crippen LogP contribution in [-0.2, 0) is 28.6 Å². The van der Waals surface area contributed by atoms with E-state index in [0.29, 0.717) is 19.3 Å². The number of carboxylic acid groups (broad SMARTS) is 1. The van der Waals surface area contributed by atoms with E-state index >= 15 is 0 Å². The number of carbonyl (C=O) groups is 3. The lowest BCUT2D eigenvalue weighted by Crippen LogP contribution is -2.50. The minimum Gasteiger partial charge on any atom is -0.477 e. The number of quaternary nitrogens is 1. The summed E-state index contributed by atoms with van der Waals surface area (Å²) in [7, 11) is 5.51. The third kappa shape index (κ3) is 48.5. The maximum atomic E-state index is 12.8. The van der Waals surface area contributed by atoms with Gasteiger partial charge in [-0.2, -0.15) is 0 Å². The highest BCUT2D eigenvalue weighted by molar-refractivity contribution is 5.72. The molecule has 394 valence electrons. The van der Waals surface area contributed by atoms with E-state index in [2.05, 4.69) is 148 Å². The number of nitrogens with zero attached hydrogens (tertiary/aromatic N) is 1. The SMILES string of the molecule is CC/C=C/C/C=C/C/C=C/C/C=C/C/C=C/C/C=C/C/C=C/CCCC(=O)OCC(COCCC(C(=O)O)[N+](C)(C)C)OC(=O)CCCCCCCCCCCC/C=C/C/C=C/C/C=C/C/C=C/CC. The van der Waals surface area contributed by atoms with Gasteiger partial charge in [-0.1, -0.05) is 199 Å². The van der Waals surface area contributed by atoms with E-state index in [1.807, 2.05) is 21.1 Å². The number of allylic oxidation sites excluding steroid dienone is 22. The summed E-state index contributed by atoms with van der Waals surface area (Å²) in [6, 6.07) is -0.634. The van der Waals surface area contributed by atoms with Crippen molar-refractivity contribution < 1.29 is 38.2 Å². The van der Waals surface area contributed by atoms with Gasteiger partial charge in [-0.3, -0.25) is 9.59 Å². The van der Waals surface area contributed by atoms with E-state index in [4.69, 9.17) is 14.2 Å². The van der Waals surface area contributed by atoms with Gasteiger partial charge in [0.1, 0.15) is 6.61 Å². The predicted molar refractivity (Wildman–Crippen MR) is 298 cm³/mol. The summed E-state index contributed by atoms with van der Waals surface area (Å²) in [6.45, 7) is 4.44. The monoisotopic (exact) mass is 971 g/mol. The highest BCUT2D eigenvalue weighted by Gasteiger charge is 2.31. The Morgan fingerprint density at radius 3 is 1.16 bits per heavy atom. The third-order valence-electron chi connectivity index (χ3n) is 11.3. The van der Waals surface area contributed by atoms with Crippen LogP contribution in [0.1, 0.15) is 187 Å². The smallest absolute Gasteiger partial charge is 0.362 e. The molecule has 2 unspecified atom stereocenters. The van der Waals surface area contributed by atoms with Gasteiger partial charge in [-0.25, -0.2) is 4.79 Å². The number of ether oxygens (including phenoxy) is 3. The fourth-order valence-electron chi connectivity index (χ4n) is 7.19. The minimum absolute atomic E-state index is 0.0320. The Labute approximate surface area is 428 Å². The molecule has 2 atom stereocenters. The van der Waals surface area contributed by atoms with Crippen molar-refractivity contribution >= 4 is 17.9 Å². The molecule has 0 amide bonds. The van der Waals surface area contributed by atoms with Crippen LogP contribution in [0.15, 0.2) is 134 Å². The molecule has 0 radical (unpaired) electrons. The topological polar surface area (TPSA) is 99.1 Å². The van der Waals surface area contributed by atoms with Crippen LogP contribution in [0.2, 0.25) is 0 Å². The van der Waals surface area contributed by atoms with Crippen molar-refractivity contribution in [3.8, 4) is 0 Å². The molecule has 0 heterocycles. The fourth-order valence-corrected chi connectivity index (χ4v) is 7.19. The number of carboxylic acids is 1. The highest BCUT2D eigenvalue weighted by atomic mass is 16.6. The lowest BCUT2D eigenvalue weighted by molar-refractivity contribution is -0.887. The zero-order chi connectivity index (χ0) is 51.3. The molecular weight excluding hydrogens is 871 g/mol. The first-order valence-corrected chi connectivity index (χ1v) is 27.2. The van der Waals surface area contributed by atoms with Crippen LogP contribution in [0.5, 0.6) is 0 Å². The number of rotatable bonds is 47. The maximum absolute atomic E-state index is 12.8. The zero-order valence-corrected chi connectivity index (χ0v) is 44.9. The Morgan fingerprint density at radius 2 is 0.771 bits per heavy atom. The van der Waals surface area contributed by atoms with Gasteiger partial charge in [0.15, 0.2) is 12.1 Å². The largest absolute Gasteiger partial charge is 0.477 e. The van der Waals surface area contributed by atoms with Crippen molar-refractivity contribution in [3.63, 3.8) is 0 Å². The Bertz CT molecular complexity index is 1600. The fraction of sp³-hybridized carbons (Fsp3) is 0.597. The lowest BCUT2D eigenvalue weighted by Gasteiger charge is -2.31. The van der Waals surface area contributed by atoms with Gasteiger partial charge in [0.2, 0.25) is 0 Å². The molecule has 0 aliphatic carbocycles. The molecular formula is C62H100NO7+. The molecule has 8 heteroatoms. The number of hydrogen-bond donors (Lipinski definition) is 1. The number of likely N-dealkylation sites (N-methyl/N-ethyl adjacent to an activating group) is 1. The van der Waals surface area contributed by atoms with Crippen molar-refractivity contribution in [2.24, 2.45) is 0 Å². The highest BCUT2D eigenvalue weighted by Crippen LogP contribution is 2.14. The standard InChI is InChI=1S/C62H99NO7/c1-6-8-10-12-14-16-18-20-22-24-26-28-30-32-34-36-38-40-42-44-46-48-50-52-60(64)69-57-58(56-68-55-54-59(62(66)67)63(3,4)5)70-61(65)53-51-49-47-45-43-41-39-37-35-33-31-29-27-25-23-21-19-17-15-13-11-9-7-2/h8-11,14-17,20-23,26-29,32,34,38,40,44,46,58-59H,6-7,12-13,18-19,24-25,30-31,33,35-37,39,41-43,45,47-57H2,1-5H3/p+1/b10-8+,11-9+,16-14+,17-15+,22-20+,23-21+,28-26+,29-27+,34-32+,40-38+,46-44+. The van der Waals surface area contributed by atoms with Crippen molar-refractivity contribution in [1.82, 2.24) is 0 Å². The Kier molecular flexibility index (Phi) is 47.6. The van der Waals surface area contributed by atoms with E-state index in [1.54, 1.807) is 0 Å². The summed E-state index contributed by atoms with van der Waals surface area (Å²) in [6.07, 6.45) is 73.7. The van der Waals surface area contributed by atoms with Crippen LogP contribution in [0.4, 0.5) is 0 Å². The number of esters is 2. The van der Waals surface area contributed by atoms with Crippen LogP contribution in [-0.4, -0.2) is 80.6 Å². The molecule has 0 fully saturated rings. The average Bonchev–Trinajstić information content (AvgIpc) is 3.33. The van der Waals surface area contributed by atoms with Gasteiger partial charge >= 0.3 is 17.9 Å². The minimum atomic E-state index is -0.888. The maximum Gasteiger partial charge on any atom is 0.362 e. The molecule has 0 bridgehead atoms. The van der Waals surface area contributed by atoms with E-state index in [9.17, 15) is 19.5 Å². The van der Waals surface area contributed by atoms with Gasteiger partial charge in [-0.15, -0.1) is 0 Å². The first-order chi connectivity index (χ1) is 34.1. The van der Waals surface area contributed by atoms with Crippen LogP contribution in [0.25, 0.3) is 0 Å². The van der Waals surface area contributed by atoms with Crippen molar-refractivity contribution in [3.05, 3.63) is 134 Å². The van der Waals surface area contributed by atoms with Crippen molar-refractivity contribution in [2.75, 3.05) is 41.0 Å². The van der Waals surface area contributed by atoms with Gasteiger partial charge in [0.05, 0.1) is 34.4 Å². The molecule has 0 aliphatic heterocycles. The third-order valence-corrected chi connectivity index (χ3v) is 11.3. The Morgan fingerprint density at radius 1 is 0.429 bits per heavy atom. The summed E-state index contributed by atoms with van der Waals surface area (Å²) >= 11 is 0. The molecule has 0 saturated carbocycles. The summed E-state index contributed by atoms with van der Waals surface area (Å²) in [5.41, 5.74) is 0. The Hall–Kier alpha value is -4.53. The van der Waals surface area contributed by atoms with Gasteiger partial charge in [-0.05, 0) is 103 Å². The van der Waals surface area contributed by atoms with Crippen molar-refractivity contribution in [1.29, 1.82) is 0 Å². The molecule has 0 aromatic heterocycles. The quantitative estimate of drug-likeness (QED) is 0.0281. The van der Waals surface area contributed by atoms with Gasteiger partial charge < -0.3 is 23.8 Å². The first-order valence-electron chi connectivity index (χ1n) is 27.2. The molecule has 0 saturated heterocycles. The number of unbranched alkanes of at least 4 members (excludes halogenated alkanes) is 11.